The zero-order valence-electron chi connectivity index (χ0n) is 16.6. The Bertz CT molecular complexity index is 1390. The van der Waals surface area contributed by atoms with Crippen molar-refractivity contribution in [3.8, 4) is 0 Å². The third kappa shape index (κ3) is 3.13. The average Bonchev–Trinajstić information content (AvgIpc) is 3.17. The third-order valence-electron chi connectivity index (χ3n) is 5.83. The van der Waals surface area contributed by atoms with Crippen LogP contribution in [0.2, 0.25) is 0 Å². The lowest BCUT2D eigenvalue weighted by molar-refractivity contribution is -0.119. The Morgan fingerprint density at radius 2 is 1.47 bits per heavy atom. The molecule has 0 saturated carbocycles. The summed E-state index contributed by atoms with van der Waals surface area (Å²) in [7, 11) is 0. The van der Waals surface area contributed by atoms with Crippen molar-refractivity contribution in [1.29, 1.82) is 0 Å². The van der Waals surface area contributed by atoms with E-state index in [1.54, 1.807) is 0 Å². The summed E-state index contributed by atoms with van der Waals surface area (Å²) in [6.45, 7) is 0. The van der Waals surface area contributed by atoms with Gasteiger partial charge in [-0.2, -0.15) is 0 Å². The maximum Gasteiger partial charge on any atom is 0.255 e. The lowest BCUT2D eigenvalue weighted by Gasteiger charge is -2.37. The van der Waals surface area contributed by atoms with Gasteiger partial charge >= 0.3 is 0 Å². The van der Waals surface area contributed by atoms with Gasteiger partial charge in [0.1, 0.15) is 12.0 Å². The summed E-state index contributed by atoms with van der Waals surface area (Å²) in [5.74, 6) is 1.27. The van der Waals surface area contributed by atoms with E-state index >= 15 is 0 Å². The van der Waals surface area contributed by atoms with Gasteiger partial charge in [0.15, 0.2) is 0 Å². The van der Waals surface area contributed by atoms with Crippen molar-refractivity contribution in [2.75, 3.05) is 5.32 Å². The minimum atomic E-state index is -0.344. The molecule has 3 aromatic carbocycles. The summed E-state index contributed by atoms with van der Waals surface area (Å²) < 4.78 is 4.07. The van der Waals surface area contributed by atoms with Crippen molar-refractivity contribution < 1.29 is 4.79 Å². The van der Waals surface area contributed by atoms with E-state index in [1.165, 1.54) is 0 Å². The number of para-hydroxylation sites is 2. The summed E-state index contributed by atoms with van der Waals surface area (Å²) in [4.78, 5) is 18.3. The number of rotatable bonds is 2. The number of fused-ring (bicyclic) bond motifs is 3. The van der Waals surface area contributed by atoms with Gasteiger partial charge in [0, 0.05) is 8.95 Å². The second kappa shape index (κ2) is 7.50. The molecule has 2 aliphatic rings. The number of carbonyl (C=O) groups is 1. The predicted molar refractivity (Wildman–Crippen MR) is 131 cm³/mol. The fourth-order valence-electron chi connectivity index (χ4n) is 4.36. The lowest BCUT2D eigenvalue weighted by atomic mass is 9.94. The van der Waals surface area contributed by atoms with Crippen LogP contribution in [0.4, 0.5) is 5.95 Å². The Kier molecular flexibility index (Phi) is 4.58. The second-order valence-corrected chi connectivity index (χ2v) is 9.60. The molecule has 3 N–H and O–H groups in total. The van der Waals surface area contributed by atoms with Crippen molar-refractivity contribution in [3.05, 3.63) is 104 Å². The summed E-state index contributed by atoms with van der Waals surface area (Å²) in [6, 6.07) is 23.6. The number of amides is 1. The Labute approximate surface area is 201 Å². The maximum absolute atomic E-state index is 13.5. The summed E-state index contributed by atoms with van der Waals surface area (Å²) in [5.41, 5.74) is 4.45. The van der Waals surface area contributed by atoms with Gasteiger partial charge in [-0.15, -0.1) is 0 Å². The molecule has 2 atom stereocenters. The number of hydrogen-bond acceptors (Lipinski definition) is 4. The van der Waals surface area contributed by atoms with E-state index in [-0.39, 0.29) is 18.1 Å². The quantitative estimate of drug-likeness (QED) is 0.320. The monoisotopic (exact) mass is 549 g/mol. The number of halogens is 2. The van der Waals surface area contributed by atoms with Gasteiger partial charge in [0.05, 0.1) is 22.6 Å². The summed E-state index contributed by atoms with van der Waals surface area (Å²) >= 11 is 6.98. The average molecular weight is 551 g/mol. The predicted octanol–water partition coefficient (Wildman–Crippen LogP) is 5.21. The van der Waals surface area contributed by atoms with Crippen molar-refractivity contribution in [3.63, 3.8) is 0 Å². The zero-order valence-corrected chi connectivity index (χ0v) is 19.8. The van der Waals surface area contributed by atoms with Crippen molar-refractivity contribution >= 4 is 54.7 Å². The van der Waals surface area contributed by atoms with Crippen LogP contribution < -0.4 is 16.0 Å². The third-order valence-corrected chi connectivity index (χ3v) is 6.89. The van der Waals surface area contributed by atoms with Crippen LogP contribution in [-0.4, -0.2) is 15.5 Å². The van der Waals surface area contributed by atoms with Crippen molar-refractivity contribution in [2.45, 2.75) is 12.2 Å². The van der Waals surface area contributed by atoms with Gasteiger partial charge in [0.25, 0.3) is 5.91 Å². The fraction of sp³-hybridized carbons (Fsp3) is 0.0833. The van der Waals surface area contributed by atoms with E-state index in [9.17, 15) is 4.79 Å². The Morgan fingerprint density at radius 3 is 2.19 bits per heavy atom. The molecular formula is C24H17Br2N5O. The molecule has 2 aliphatic heterocycles. The molecule has 158 valence electrons. The number of hydrogen-bond donors (Lipinski definition) is 3. The molecule has 2 unspecified atom stereocenters. The molecule has 1 aromatic heterocycles. The Hall–Kier alpha value is -3.10. The SMILES string of the molecule is O=C1NC(c2ccc(Br)cc2)NC2=C1C(c1ccc(Br)cc1)n1c(nc3ccccc31)N2. The first-order chi connectivity index (χ1) is 15.6. The van der Waals surface area contributed by atoms with Gasteiger partial charge in [-0.25, -0.2) is 4.98 Å². The van der Waals surface area contributed by atoms with Gasteiger partial charge in [0.2, 0.25) is 5.95 Å². The highest BCUT2D eigenvalue weighted by Crippen LogP contribution is 2.40. The minimum absolute atomic E-state index is 0.115. The topological polar surface area (TPSA) is 71.0 Å². The standard InChI is InChI=1S/C24H17Br2N5O/c25-15-9-5-13(6-10-15)20-19-22(30-24-27-17-3-1-2-4-18(17)31(20)24)28-21(29-23(19)32)14-7-11-16(26)12-8-14/h1-12,20-21,28H,(H,27,30)(H,29,32). The molecular weight excluding hydrogens is 534 g/mol. The van der Waals surface area contributed by atoms with Crippen LogP contribution in [0.15, 0.2) is 93.1 Å². The highest BCUT2D eigenvalue weighted by Gasteiger charge is 2.39. The molecule has 32 heavy (non-hydrogen) atoms. The first kappa shape index (κ1) is 19.6. The molecule has 0 saturated heterocycles. The number of nitrogens with one attached hydrogen (secondary N) is 3. The molecule has 0 fully saturated rings. The van der Waals surface area contributed by atoms with Crippen molar-refractivity contribution in [1.82, 2.24) is 20.2 Å². The molecule has 6 nitrogen and oxygen atoms in total. The molecule has 0 radical (unpaired) electrons. The van der Waals surface area contributed by atoms with E-state index < -0.39 is 0 Å². The number of benzene rings is 3. The smallest absolute Gasteiger partial charge is 0.255 e. The number of imidazole rings is 1. The van der Waals surface area contributed by atoms with E-state index in [4.69, 9.17) is 4.98 Å². The number of nitrogens with zero attached hydrogens (tertiary/aromatic N) is 2. The van der Waals surface area contributed by atoms with Crippen LogP contribution in [0.5, 0.6) is 0 Å². The number of aromatic nitrogens is 2. The highest BCUT2D eigenvalue weighted by atomic mass is 79.9. The van der Waals surface area contributed by atoms with Gasteiger partial charge in [-0.3, -0.25) is 9.36 Å². The lowest BCUT2D eigenvalue weighted by Crippen LogP contribution is -2.49. The normalized spacial score (nSPS) is 19.6. The largest absolute Gasteiger partial charge is 0.347 e. The van der Waals surface area contributed by atoms with E-state index in [1.807, 2.05) is 72.8 Å². The van der Waals surface area contributed by atoms with E-state index in [0.29, 0.717) is 17.3 Å². The summed E-state index contributed by atoms with van der Waals surface area (Å²) in [5, 5.41) is 9.99. The minimum Gasteiger partial charge on any atom is -0.347 e. The fourth-order valence-corrected chi connectivity index (χ4v) is 4.89. The molecule has 0 aliphatic carbocycles. The molecule has 3 heterocycles. The van der Waals surface area contributed by atoms with Gasteiger partial charge in [-0.05, 0) is 47.5 Å². The first-order valence-corrected chi connectivity index (χ1v) is 11.7. The zero-order chi connectivity index (χ0) is 21.8. The highest BCUT2D eigenvalue weighted by molar-refractivity contribution is 9.10. The Balaban J connectivity index is 1.51. The van der Waals surface area contributed by atoms with E-state index in [0.717, 1.165) is 31.1 Å². The van der Waals surface area contributed by atoms with Crippen LogP contribution in [0.3, 0.4) is 0 Å². The van der Waals surface area contributed by atoms with Crippen LogP contribution in [0.1, 0.15) is 23.3 Å². The summed E-state index contributed by atoms with van der Waals surface area (Å²) in [6.07, 6.45) is -0.344. The number of anilines is 1. The molecule has 6 rings (SSSR count). The molecule has 0 bridgehead atoms. The molecule has 1 amide bonds. The van der Waals surface area contributed by atoms with Crippen LogP contribution >= 0.6 is 31.9 Å². The Morgan fingerprint density at radius 1 is 0.812 bits per heavy atom. The first-order valence-electron chi connectivity index (χ1n) is 10.1. The molecule has 0 spiro atoms. The maximum atomic E-state index is 13.5. The van der Waals surface area contributed by atoms with Crippen LogP contribution in [-0.2, 0) is 4.79 Å². The number of carbonyl (C=O) groups excluding carboxylic acids is 1. The molecule has 8 heteroatoms. The van der Waals surface area contributed by atoms with Crippen molar-refractivity contribution in [2.24, 2.45) is 0 Å². The second-order valence-electron chi connectivity index (χ2n) is 7.76. The van der Waals surface area contributed by atoms with Gasteiger partial charge < -0.3 is 16.0 Å². The van der Waals surface area contributed by atoms with Crippen LogP contribution in [0, 0.1) is 0 Å². The van der Waals surface area contributed by atoms with Gasteiger partial charge in [-0.1, -0.05) is 68.3 Å². The van der Waals surface area contributed by atoms with Crippen LogP contribution in [0.25, 0.3) is 11.0 Å². The van der Waals surface area contributed by atoms with E-state index in [2.05, 4.69) is 52.4 Å². The molecule has 4 aromatic rings.